The van der Waals surface area contributed by atoms with E-state index in [1.807, 2.05) is 0 Å². The van der Waals surface area contributed by atoms with Crippen molar-refractivity contribution in [1.82, 2.24) is 9.78 Å². The van der Waals surface area contributed by atoms with Crippen LogP contribution in [-0.4, -0.2) is 34.1 Å². The van der Waals surface area contributed by atoms with Gasteiger partial charge >= 0.3 is 0 Å². The Labute approximate surface area is 101 Å². The number of aromatic nitrogens is 2. The van der Waals surface area contributed by atoms with Crippen molar-refractivity contribution in [3.63, 3.8) is 0 Å². The van der Waals surface area contributed by atoms with Gasteiger partial charge < -0.3 is 10.0 Å². The number of hydrogen-bond donors (Lipinski definition) is 1. The van der Waals surface area contributed by atoms with Gasteiger partial charge in [0.05, 0.1) is 24.5 Å². The monoisotopic (exact) mass is 237 g/mol. The van der Waals surface area contributed by atoms with Gasteiger partial charge in [-0.05, 0) is 26.2 Å². The Morgan fingerprint density at radius 1 is 1.41 bits per heavy atom. The Hall–Kier alpha value is -1.36. The molecule has 0 spiro atoms. The van der Waals surface area contributed by atoms with Gasteiger partial charge in [-0.2, -0.15) is 5.10 Å². The molecule has 94 valence electrons. The summed E-state index contributed by atoms with van der Waals surface area (Å²) >= 11 is 0. The molecule has 0 radical (unpaired) electrons. The van der Waals surface area contributed by atoms with Crippen molar-refractivity contribution in [3.8, 4) is 0 Å². The normalized spacial score (nSPS) is 18.1. The molecule has 5 heteroatoms. The molecular formula is C12H19N3O2. The van der Waals surface area contributed by atoms with Crippen molar-refractivity contribution in [2.24, 2.45) is 0 Å². The molecule has 1 atom stereocenters. The Morgan fingerprint density at radius 2 is 2.12 bits per heavy atom. The Kier molecular flexibility index (Phi) is 3.78. The molecule has 1 aliphatic heterocycles. The predicted molar refractivity (Wildman–Crippen MR) is 66.2 cm³/mol. The van der Waals surface area contributed by atoms with Crippen LogP contribution < -0.4 is 10.5 Å². The molecule has 2 heterocycles. The molecule has 0 amide bonds. The van der Waals surface area contributed by atoms with Crippen molar-refractivity contribution in [1.29, 1.82) is 0 Å². The topological polar surface area (TPSA) is 58.4 Å². The van der Waals surface area contributed by atoms with Crippen molar-refractivity contribution in [3.05, 3.63) is 22.6 Å². The zero-order valence-corrected chi connectivity index (χ0v) is 10.2. The van der Waals surface area contributed by atoms with Gasteiger partial charge in [-0.25, -0.2) is 4.68 Å². The van der Waals surface area contributed by atoms with Crippen molar-refractivity contribution in [2.45, 2.75) is 38.8 Å². The van der Waals surface area contributed by atoms with Gasteiger partial charge in [0.25, 0.3) is 5.56 Å². The first-order valence-electron chi connectivity index (χ1n) is 6.17. The van der Waals surface area contributed by atoms with E-state index < -0.39 is 6.10 Å². The fourth-order valence-electron chi connectivity index (χ4n) is 2.14. The molecule has 1 N–H and O–H groups in total. The highest BCUT2D eigenvalue weighted by Gasteiger charge is 2.12. The summed E-state index contributed by atoms with van der Waals surface area (Å²) in [5, 5.41) is 13.3. The number of rotatable bonds is 3. The first-order valence-corrected chi connectivity index (χ1v) is 6.17. The minimum atomic E-state index is -0.555. The van der Waals surface area contributed by atoms with Crippen LogP contribution in [0.15, 0.2) is 17.1 Å². The van der Waals surface area contributed by atoms with Crippen LogP contribution in [0.2, 0.25) is 0 Å². The van der Waals surface area contributed by atoms with Gasteiger partial charge in [0.1, 0.15) is 0 Å². The minimum Gasteiger partial charge on any atom is -0.391 e. The first-order chi connectivity index (χ1) is 8.16. The number of nitrogens with zero attached hydrogens (tertiary/aromatic N) is 3. The molecule has 1 unspecified atom stereocenters. The standard InChI is InChI=1S/C12H19N3O2/c1-10(16)9-15-12(17)7-11(8-13-15)14-5-3-2-4-6-14/h7-8,10,16H,2-6,9H2,1H3. The van der Waals surface area contributed by atoms with E-state index in [9.17, 15) is 9.90 Å². The average molecular weight is 237 g/mol. The van der Waals surface area contributed by atoms with E-state index in [2.05, 4.69) is 10.00 Å². The van der Waals surface area contributed by atoms with Crippen LogP contribution in [0.5, 0.6) is 0 Å². The van der Waals surface area contributed by atoms with Gasteiger partial charge in [-0.3, -0.25) is 4.79 Å². The summed E-state index contributed by atoms with van der Waals surface area (Å²) in [7, 11) is 0. The van der Waals surface area contributed by atoms with E-state index in [-0.39, 0.29) is 12.1 Å². The van der Waals surface area contributed by atoms with Gasteiger partial charge in [0, 0.05) is 19.2 Å². The SMILES string of the molecule is CC(O)Cn1ncc(N2CCCCC2)cc1=O. The smallest absolute Gasteiger partial charge is 0.268 e. The predicted octanol–water partition coefficient (Wildman–Crippen LogP) is 0.614. The second-order valence-corrected chi connectivity index (χ2v) is 4.63. The van der Waals surface area contributed by atoms with Crippen molar-refractivity contribution in [2.75, 3.05) is 18.0 Å². The van der Waals surface area contributed by atoms with Crippen LogP contribution in [0, 0.1) is 0 Å². The van der Waals surface area contributed by atoms with Crippen LogP contribution in [0.3, 0.4) is 0 Å². The summed E-state index contributed by atoms with van der Waals surface area (Å²) in [6.45, 7) is 3.90. The third-order valence-electron chi connectivity index (χ3n) is 3.01. The van der Waals surface area contributed by atoms with Crippen LogP contribution in [0.1, 0.15) is 26.2 Å². The van der Waals surface area contributed by atoms with E-state index in [4.69, 9.17) is 0 Å². The highest BCUT2D eigenvalue weighted by molar-refractivity contribution is 5.43. The maximum absolute atomic E-state index is 11.8. The Morgan fingerprint density at radius 3 is 2.71 bits per heavy atom. The summed E-state index contributed by atoms with van der Waals surface area (Å²) in [6, 6.07) is 1.61. The molecule has 5 nitrogen and oxygen atoms in total. The third kappa shape index (κ3) is 3.06. The minimum absolute atomic E-state index is 0.144. The van der Waals surface area contributed by atoms with E-state index in [0.29, 0.717) is 0 Å². The summed E-state index contributed by atoms with van der Waals surface area (Å²) in [5.74, 6) is 0. The van der Waals surface area contributed by atoms with Crippen molar-refractivity contribution < 1.29 is 5.11 Å². The summed E-state index contributed by atoms with van der Waals surface area (Å²) in [4.78, 5) is 14.0. The van der Waals surface area contributed by atoms with E-state index >= 15 is 0 Å². The first kappa shape index (κ1) is 12.1. The molecule has 1 aromatic heterocycles. The number of anilines is 1. The molecule has 1 fully saturated rings. The fraction of sp³-hybridized carbons (Fsp3) is 0.667. The fourth-order valence-corrected chi connectivity index (χ4v) is 2.14. The lowest BCUT2D eigenvalue weighted by Crippen LogP contribution is -2.33. The average Bonchev–Trinajstić information content (AvgIpc) is 2.32. The van der Waals surface area contributed by atoms with Gasteiger partial charge in [0.15, 0.2) is 0 Å². The molecule has 0 aliphatic carbocycles. The van der Waals surface area contributed by atoms with E-state index in [0.717, 1.165) is 18.8 Å². The van der Waals surface area contributed by atoms with Crippen LogP contribution >= 0.6 is 0 Å². The molecule has 2 rings (SSSR count). The molecule has 1 aromatic rings. The lowest BCUT2D eigenvalue weighted by Gasteiger charge is -2.28. The summed E-state index contributed by atoms with van der Waals surface area (Å²) in [5.41, 5.74) is 0.755. The number of piperidine rings is 1. The molecule has 17 heavy (non-hydrogen) atoms. The Balaban J connectivity index is 2.15. The van der Waals surface area contributed by atoms with Crippen LogP contribution in [0.4, 0.5) is 5.69 Å². The Bertz CT molecular complexity index is 422. The third-order valence-corrected chi connectivity index (χ3v) is 3.01. The van der Waals surface area contributed by atoms with Crippen LogP contribution in [-0.2, 0) is 6.54 Å². The number of aliphatic hydroxyl groups is 1. The molecule has 0 bridgehead atoms. The summed E-state index contributed by atoms with van der Waals surface area (Å²) in [6.07, 6.45) is 4.78. The highest BCUT2D eigenvalue weighted by Crippen LogP contribution is 2.16. The second-order valence-electron chi connectivity index (χ2n) is 4.63. The zero-order chi connectivity index (χ0) is 12.3. The molecule has 0 aromatic carbocycles. The van der Waals surface area contributed by atoms with Crippen molar-refractivity contribution >= 4 is 5.69 Å². The quantitative estimate of drug-likeness (QED) is 0.837. The lowest BCUT2D eigenvalue weighted by molar-refractivity contribution is 0.166. The lowest BCUT2D eigenvalue weighted by atomic mass is 10.1. The van der Waals surface area contributed by atoms with Gasteiger partial charge in [0.2, 0.25) is 0 Å². The number of hydrogen-bond acceptors (Lipinski definition) is 4. The largest absolute Gasteiger partial charge is 0.391 e. The van der Waals surface area contributed by atoms with E-state index in [1.54, 1.807) is 19.2 Å². The molecule has 0 saturated carbocycles. The molecule has 1 saturated heterocycles. The van der Waals surface area contributed by atoms with Crippen LogP contribution in [0.25, 0.3) is 0 Å². The zero-order valence-electron chi connectivity index (χ0n) is 10.2. The highest BCUT2D eigenvalue weighted by atomic mass is 16.3. The maximum Gasteiger partial charge on any atom is 0.268 e. The molecular weight excluding hydrogens is 218 g/mol. The second kappa shape index (κ2) is 5.31. The van der Waals surface area contributed by atoms with Gasteiger partial charge in [-0.15, -0.1) is 0 Å². The number of aliphatic hydroxyl groups excluding tert-OH is 1. The van der Waals surface area contributed by atoms with E-state index in [1.165, 1.54) is 23.9 Å². The van der Waals surface area contributed by atoms with Gasteiger partial charge in [-0.1, -0.05) is 0 Å². The maximum atomic E-state index is 11.8. The summed E-state index contributed by atoms with van der Waals surface area (Å²) < 4.78 is 1.30. The molecule has 1 aliphatic rings.